The van der Waals surface area contributed by atoms with Crippen LogP contribution in [-0.2, 0) is 11.2 Å². The summed E-state index contributed by atoms with van der Waals surface area (Å²) in [6.07, 6.45) is 2.79. The van der Waals surface area contributed by atoms with E-state index in [4.69, 9.17) is 9.73 Å². The number of nitrogens with one attached hydrogen (secondary N) is 1. The van der Waals surface area contributed by atoms with Crippen molar-refractivity contribution < 1.29 is 9.53 Å². The van der Waals surface area contributed by atoms with Gasteiger partial charge < -0.3 is 19.9 Å². The molecule has 30 heavy (non-hydrogen) atoms. The zero-order chi connectivity index (χ0) is 21.8. The predicted octanol–water partition coefficient (Wildman–Crippen LogP) is 3.09. The van der Waals surface area contributed by atoms with Crippen LogP contribution in [0.2, 0.25) is 0 Å². The van der Waals surface area contributed by atoms with Crippen molar-refractivity contribution in [2.24, 2.45) is 10.9 Å². The van der Waals surface area contributed by atoms with Crippen LogP contribution >= 0.6 is 0 Å². The van der Waals surface area contributed by atoms with Crippen LogP contribution in [0.5, 0.6) is 5.75 Å². The molecular formula is C24H36N4O2. The molecule has 6 heteroatoms. The van der Waals surface area contributed by atoms with Gasteiger partial charge in [-0.3, -0.25) is 9.79 Å². The number of rotatable bonds is 8. The summed E-state index contributed by atoms with van der Waals surface area (Å²) in [5.74, 6) is 2.53. The molecule has 2 aliphatic rings. The van der Waals surface area contributed by atoms with Crippen molar-refractivity contribution in [3.05, 3.63) is 41.5 Å². The van der Waals surface area contributed by atoms with Gasteiger partial charge in [0.15, 0.2) is 5.96 Å². The molecule has 1 amide bonds. The molecular weight excluding hydrogens is 376 g/mol. The molecule has 1 fully saturated rings. The summed E-state index contributed by atoms with van der Waals surface area (Å²) in [4.78, 5) is 22.1. The third-order valence-corrected chi connectivity index (χ3v) is 6.22. The van der Waals surface area contributed by atoms with Crippen LogP contribution in [0.4, 0.5) is 0 Å². The normalized spacial score (nSPS) is 22.2. The highest BCUT2D eigenvalue weighted by molar-refractivity contribution is 5.93. The molecule has 0 spiro atoms. The van der Waals surface area contributed by atoms with Gasteiger partial charge in [-0.05, 0) is 50.8 Å². The number of ether oxygens (including phenoxy) is 1. The number of fused-ring (bicyclic) bond motifs is 1. The van der Waals surface area contributed by atoms with Crippen LogP contribution in [0.25, 0.3) is 0 Å². The Kier molecular flexibility index (Phi) is 7.06. The molecule has 1 N–H and O–H groups in total. The number of methoxy groups -OCH3 is 1. The minimum atomic E-state index is 0.00109. The van der Waals surface area contributed by atoms with Gasteiger partial charge in [-0.2, -0.15) is 0 Å². The summed E-state index contributed by atoms with van der Waals surface area (Å²) >= 11 is 0. The van der Waals surface area contributed by atoms with E-state index in [2.05, 4.69) is 48.0 Å². The molecule has 0 bridgehead atoms. The van der Waals surface area contributed by atoms with Crippen LogP contribution in [0, 0.1) is 5.92 Å². The fraction of sp³-hybridized carbons (Fsp3) is 0.583. The summed E-state index contributed by atoms with van der Waals surface area (Å²) in [6.45, 7) is 12.9. The second-order valence-corrected chi connectivity index (χ2v) is 8.81. The Morgan fingerprint density at radius 1 is 1.30 bits per heavy atom. The molecule has 1 saturated heterocycles. The number of benzene rings is 1. The lowest BCUT2D eigenvalue weighted by molar-refractivity contribution is -0.118. The Bertz CT molecular complexity index is 800. The van der Waals surface area contributed by atoms with Crippen LogP contribution in [-0.4, -0.2) is 66.5 Å². The van der Waals surface area contributed by atoms with E-state index < -0.39 is 0 Å². The Balaban J connectivity index is 1.75. The van der Waals surface area contributed by atoms with E-state index in [0.717, 1.165) is 43.3 Å². The van der Waals surface area contributed by atoms with Crippen LogP contribution < -0.4 is 10.1 Å². The van der Waals surface area contributed by atoms with Gasteiger partial charge in [-0.25, -0.2) is 0 Å². The molecule has 2 aliphatic heterocycles. The van der Waals surface area contributed by atoms with Crippen LogP contribution in [0.1, 0.15) is 40.2 Å². The lowest BCUT2D eigenvalue weighted by Gasteiger charge is -2.29. The highest BCUT2D eigenvalue weighted by Gasteiger charge is 2.43. The number of guanidine groups is 1. The molecule has 0 radical (unpaired) electrons. The van der Waals surface area contributed by atoms with Crippen molar-refractivity contribution in [3.8, 4) is 5.75 Å². The second kappa shape index (κ2) is 9.54. The second-order valence-electron chi connectivity index (χ2n) is 8.81. The molecule has 0 saturated carbocycles. The lowest BCUT2D eigenvalue weighted by Crippen LogP contribution is -2.47. The van der Waals surface area contributed by atoms with Crippen molar-refractivity contribution in [3.63, 3.8) is 0 Å². The van der Waals surface area contributed by atoms with Crippen molar-refractivity contribution in [2.75, 3.05) is 26.7 Å². The van der Waals surface area contributed by atoms with E-state index in [1.54, 1.807) is 7.11 Å². The number of aliphatic imine (C=N–C) groups is 1. The molecule has 0 aromatic heterocycles. The number of carbonyl (C=O) groups excluding carboxylic acids is 1. The number of hydrogen-bond donors (Lipinski definition) is 1. The summed E-state index contributed by atoms with van der Waals surface area (Å²) < 4.78 is 5.30. The zero-order valence-electron chi connectivity index (χ0n) is 19.2. The number of amides is 1. The maximum atomic E-state index is 12.3. The molecule has 0 aliphatic carbocycles. The Labute approximate surface area is 181 Å². The van der Waals surface area contributed by atoms with Gasteiger partial charge in [-0.15, -0.1) is 0 Å². The molecule has 1 aromatic carbocycles. The van der Waals surface area contributed by atoms with Crippen molar-refractivity contribution in [1.29, 1.82) is 0 Å². The van der Waals surface area contributed by atoms with Crippen molar-refractivity contribution >= 4 is 11.9 Å². The van der Waals surface area contributed by atoms with Crippen molar-refractivity contribution in [1.82, 2.24) is 15.1 Å². The molecule has 0 unspecified atom stereocenters. The smallest absolute Gasteiger partial charge is 0.246 e. The average molecular weight is 413 g/mol. The molecule has 3 rings (SSSR count). The van der Waals surface area contributed by atoms with E-state index in [-0.39, 0.29) is 11.9 Å². The highest BCUT2D eigenvalue weighted by atomic mass is 16.5. The first-order chi connectivity index (χ1) is 14.3. The van der Waals surface area contributed by atoms with Gasteiger partial charge in [0.2, 0.25) is 5.91 Å². The predicted molar refractivity (Wildman–Crippen MR) is 122 cm³/mol. The first-order valence-corrected chi connectivity index (χ1v) is 11.0. The van der Waals surface area contributed by atoms with Gasteiger partial charge >= 0.3 is 0 Å². The maximum absolute atomic E-state index is 12.3. The van der Waals surface area contributed by atoms with Crippen LogP contribution in [0.3, 0.4) is 0 Å². The number of carbonyl (C=O) groups is 1. The van der Waals surface area contributed by atoms with Gasteiger partial charge in [0.05, 0.1) is 25.7 Å². The molecule has 164 valence electrons. The Morgan fingerprint density at radius 3 is 2.60 bits per heavy atom. The molecule has 6 nitrogen and oxygen atoms in total. The van der Waals surface area contributed by atoms with Gasteiger partial charge in [0, 0.05) is 24.7 Å². The minimum Gasteiger partial charge on any atom is -0.497 e. The lowest BCUT2D eigenvalue weighted by atomic mass is 10.0. The van der Waals surface area contributed by atoms with E-state index in [0.29, 0.717) is 18.0 Å². The monoisotopic (exact) mass is 412 g/mol. The van der Waals surface area contributed by atoms with E-state index in [9.17, 15) is 4.79 Å². The van der Waals surface area contributed by atoms with Crippen molar-refractivity contribution in [2.45, 2.75) is 59.2 Å². The Hall–Kier alpha value is -2.50. The summed E-state index contributed by atoms with van der Waals surface area (Å²) in [5.41, 5.74) is 2.04. The summed E-state index contributed by atoms with van der Waals surface area (Å²) in [6, 6.07) is 9.15. The fourth-order valence-electron chi connectivity index (χ4n) is 4.29. The fourth-order valence-corrected chi connectivity index (χ4v) is 4.29. The minimum absolute atomic E-state index is 0.00109. The quantitative estimate of drug-likeness (QED) is 0.667. The van der Waals surface area contributed by atoms with Gasteiger partial charge in [-0.1, -0.05) is 32.1 Å². The number of hydrogen-bond acceptors (Lipinski definition) is 5. The van der Waals surface area contributed by atoms with E-state index in [1.165, 1.54) is 5.56 Å². The SMILES string of the molecule is C/C=C(\C)C(=O)N[C@@H](C)CN1C2=NC[C@H](C(C)C)N2C[C@H]1Cc1ccc(OC)cc1. The first kappa shape index (κ1) is 22.2. The van der Waals surface area contributed by atoms with Crippen LogP contribution in [0.15, 0.2) is 40.9 Å². The van der Waals surface area contributed by atoms with E-state index in [1.807, 2.05) is 32.1 Å². The summed E-state index contributed by atoms with van der Waals surface area (Å²) in [7, 11) is 1.69. The maximum Gasteiger partial charge on any atom is 0.246 e. The average Bonchev–Trinajstić information content (AvgIpc) is 3.28. The topological polar surface area (TPSA) is 57.2 Å². The summed E-state index contributed by atoms with van der Waals surface area (Å²) in [5, 5.41) is 3.13. The first-order valence-electron chi connectivity index (χ1n) is 11.0. The Morgan fingerprint density at radius 2 is 2.00 bits per heavy atom. The third kappa shape index (κ3) is 4.79. The van der Waals surface area contributed by atoms with E-state index >= 15 is 0 Å². The largest absolute Gasteiger partial charge is 0.497 e. The van der Waals surface area contributed by atoms with Gasteiger partial charge in [0.25, 0.3) is 0 Å². The zero-order valence-corrected chi connectivity index (χ0v) is 19.2. The molecule has 2 heterocycles. The third-order valence-electron chi connectivity index (χ3n) is 6.22. The molecule has 3 atom stereocenters. The number of nitrogens with zero attached hydrogens (tertiary/aromatic N) is 3. The standard InChI is InChI=1S/C24H36N4O2/c1-7-17(4)23(29)26-18(5)14-27-20(12-19-8-10-21(30-6)11-9-19)15-28-22(16(2)3)13-25-24(27)28/h7-11,16,18,20,22H,12-15H2,1-6H3,(H,26,29)/b17-7+/t18-,20+,22+/m0/s1. The molecule has 1 aromatic rings. The highest BCUT2D eigenvalue weighted by Crippen LogP contribution is 2.29. The van der Waals surface area contributed by atoms with Gasteiger partial charge in [0.1, 0.15) is 5.75 Å². The number of allylic oxidation sites excluding steroid dienone is 1.